The zero-order valence-electron chi connectivity index (χ0n) is 19.1. The first-order valence-corrected chi connectivity index (χ1v) is 11.8. The van der Waals surface area contributed by atoms with E-state index in [-0.39, 0.29) is 11.5 Å². The van der Waals surface area contributed by atoms with Gasteiger partial charge in [-0.25, -0.2) is 0 Å². The van der Waals surface area contributed by atoms with Crippen LogP contribution in [0, 0.1) is 0 Å². The molecule has 1 saturated heterocycles. The summed E-state index contributed by atoms with van der Waals surface area (Å²) in [5.41, 5.74) is 0.0867. The number of pyridine rings is 1. The van der Waals surface area contributed by atoms with Crippen LogP contribution in [0.5, 0.6) is 5.75 Å². The number of aromatic nitrogens is 1. The van der Waals surface area contributed by atoms with E-state index in [0.29, 0.717) is 35.8 Å². The molecular weight excluding hydrogens is 418 g/mol. The maximum absolute atomic E-state index is 13.4. The van der Waals surface area contributed by atoms with Crippen molar-refractivity contribution in [2.45, 2.75) is 37.8 Å². The van der Waals surface area contributed by atoms with E-state index < -0.39 is 5.54 Å². The van der Waals surface area contributed by atoms with Crippen molar-refractivity contribution >= 4 is 16.7 Å². The number of benzene rings is 1. The number of nitrogens with zero attached hydrogens (tertiary/aromatic N) is 2. The third-order valence-corrected chi connectivity index (χ3v) is 6.74. The van der Waals surface area contributed by atoms with Gasteiger partial charge in [-0.1, -0.05) is 24.3 Å². The maximum Gasteiger partial charge on any atom is 0.259 e. The molecule has 1 aliphatic heterocycles. The lowest BCUT2D eigenvalue weighted by Crippen LogP contribution is -2.38. The first-order valence-electron chi connectivity index (χ1n) is 11.8. The van der Waals surface area contributed by atoms with Gasteiger partial charge in [0.25, 0.3) is 11.5 Å². The molecule has 1 unspecified atom stereocenters. The van der Waals surface area contributed by atoms with E-state index in [1.165, 1.54) is 0 Å². The van der Waals surface area contributed by atoms with Gasteiger partial charge in [0.15, 0.2) is 0 Å². The highest BCUT2D eigenvalue weighted by Crippen LogP contribution is 2.29. The van der Waals surface area contributed by atoms with Crippen molar-refractivity contribution in [1.82, 2.24) is 14.8 Å². The molecule has 2 aliphatic carbocycles. The van der Waals surface area contributed by atoms with Crippen LogP contribution in [0.15, 0.2) is 59.1 Å². The van der Waals surface area contributed by atoms with Crippen molar-refractivity contribution < 1.29 is 14.3 Å². The van der Waals surface area contributed by atoms with Gasteiger partial charge in [-0.3, -0.25) is 14.5 Å². The molecule has 1 atom stereocenters. The van der Waals surface area contributed by atoms with Crippen LogP contribution >= 0.6 is 0 Å². The molecule has 1 amide bonds. The van der Waals surface area contributed by atoms with Crippen LogP contribution in [0.25, 0.3) is 10.8 Å². The van der Waals surface area contributed by atoms with E-state index in [2.05, 4.69) is 10.2 Å². The van der Waals surface area contributed by atoms with Crippen molar-refractivity contribution in [2.24, 2.45) is 0 Å². The Morgan fingerprint density at radius 3 is 2.79 bits per heavy atom. The Morgan fingerprint density at radius 1 is 1.24 bits per heavy atom. The Morgan fingerprint density at radius 2 is 2.06 bits per heavy atom. The van der Waals surface area contributed by atoms with E-state index in [9.17, 15) is 9.59 Å². The number of carbonyl (C=O) groups is 1. The number of amides is 1. The van der Waals surface area contributed by atoms with Crippen LogP contribution in [-0.4, -0.2) is 60.9 Å². The summed E-state index contributed by atoms with van der Waals surface area (Å²) in [6, 6.07) is 7.99. The van der Waals surface area contributed by atoms with Crippen LogP contribution in [0.3, 0.4) is 0 Å². The average molecular weight is 450 g/mol. The zero-order chi connectivity index (χ0) is 22.8. The first kappa shape index (κ1) is 21.9. The summed E-state index contributed by atoms with van der Waals surface area (Å²) in [5.74, 6) is 0.675. The minimum Gasteiger partial charge on any atom is -0.492 e. The third-order valence-electron chi connectivity index (χ3n) is 6.74. The number of ether oxygens (including phenoxy) is 2. The fourth-order valence-electron chi connectivity index (χ4n) is 4.39. The number of rotatable bonds is 7. The molecule has 1 aromatic heterocycles. The summed E-state index contributed by atoms with van der Waals surface area (Å²) in [6.45, 7) is 6.82. The molecule has 1 N–H and O–H groups in total. The number of morpholine rings is 1. The van der Waals surface area contributed by atoms with E-state index in [0.717, 1.165) is 51.1 Å². The molecule has 33 heavy (non-hydrogen) atoms. The number of fused-ring (bicyclic) bond motifs is 1. The molecule has 0 spiro atoms. The predicted molar refractivity (Wildman–Crippen MR) is 128 cm³/mol. The molecule has 2 fully saturated rings. The molecule has 0 radical (unpaired) electrons. The third kappa shape index (κ3) is 4.89. The summed E-state index contributed by atoms with van der Waals surface area (Å²) in [7, 11) is 0. The van der Waals surface area contributed by atoms with Gasteiger partial charge in [0.05, 0.1) is 24.1 Å². The van der Waals surface area contributed by atoms with Crippen molar-refractivity contribution in [3.63, 3.8) is 0 Å². The lowest BCUT2D eigenvalue weighted by Gasteiger charge is -2.30. The van der Waals surface area contributed by atoms with Gasteiger partial charge in [0, 0.05) is 37.4 Å². The SMILES string of the molecule is CC1(n2ccc3ccc(OCCN4CCOCC4)cc3c2=O)C=CC(C(=O)NC2CC2)=CC1. The Balaban J connectivity index is 1.31. The summed E-state index contributed by atoms with van der Waals surface area (Å²) in [4.78, 5) is 28.1. The zero-order valence-corrected chi connectivity index (χ0v) is 19.1. The van der Waals surface area contributed by atoms with Crippen LogP contribution in [0.1, 0.15) is 26.2 Å². The molecule has 7 nitrogen and oxygen atoms in total. The molecule has 2 heterocycles. The van der Waals surface area contributed by atoms with Gasteiger partial charge in [-0.15, -0.1) is 0 Å². The monoisotopic (exact) mass is 449 g/mol. The molecule has 2 aromatic rings. The fourth-order valence-corrected chi connectivity index (χ4v) is 4.39. The van der Waals surface area contributed by atoms with Gasteiger partial charge in [-0.05, 0) is 49.8 Å². The first-order chi connectivity index (χ1) is 16.0. The van der Waals surface area contributed by atoms with Gasteiger partial charge in [0.2, 0.25) is 0 Å². The highest BCUT2D eigenvalue weighted by molar-refractivity contribution is 5.96. The van der Waals surface area contributed by atoms with Crippen molar-refractivity contribution in [3.05, 3.63) is 64.6 Å². The minimum absolute atomic E-state index is 0.0273. The van der Waals surface area contributed by atoms with Gasteiger partial charge in [0.1, 0.15) is 12.4 Å². The maximum atomic E-state index is 13.4. The highest BCUT2D eigenvalue weighted by atomic mass is 16.5. The molecular formula is C26H31N3O4. The number of hydrogen-bond donors (Lipinski definition) is 1. The Kier molecular flexibility index (Phi) is 6.08. The van der Waals surface area contributed by atoms with Crippen LogP contribution in [-0.2, 0) is 15.1 Å². The number of nitrogens with one attached hydrogen (secondary N) is 1. The Hall–Kier alpha value is -2.90. The minimum atomic E-state index is -0.526. The molecule has 1 aromatic carbocycles. The number of carbonyl (C=O) groups excluding carboxylic acids is 1. The number of allylic oxidation sites excluding steroid dienone is 2. The Bertz CT molecular complexity index is 1160. The van der Waals surface area contributed by atoms with Gasteiger partial charge < -0.3 is 19.4 Å². The highest BCUT2D eigenvalue weighted by Gasteiger charge is 2.29. The summed E-state index contributed by atoms with van der Waals surface area (Å²) < 4.78 is 13.1. The number of hydrogen-bond acceptors (Lipinski definition) is 5. The lowest BCUT2D eigenvalue weighted by atomic mass is 9.89. The van der Waals surface area contributed by atoms with Crippen LogP contribution in [0.4, 0.5) is 0 Å². The predicted octanol–water partition coefficient (Wildman–Crippen LogP) is 2.59. The average Bonchev–Trinajstić information content (AvgIpc) is 3.64. The summed E-state index contributed by atoms with van der Waals surface area (Å²) >= 11 is 0. The van der Waals surface area contributed by atoms with E-state index in [4.69, 9.17) is 9.47 Å². The van der Waals surface area contributed by atoms with Gasteiger partial charge in [-0.2, -0.15) is 0 Å². The van der Waals surface area contributed by atoms with Crippen molar-refractivity contribution in [2.75, 3.05) is 39.5 Å². The van der Waals surface area contributed by atoms with E-state index in [1.807, 2.05) is 55.6 Å². The quantitative estimate of drug-likeness (QED) is 0.704. The molecule has 174 valence electrons. The normalized spacial score (nSPS) is 23.4. The smallest absolute Gasteiger partial charge is 0.259 e. The van der Waals surface area contributed by atoms with E-state index in [1.54, 1.807) is 4.57 Å². The molecule has 0 bridgehead atoms. The summed E-state index contributed by atoms with van der Waals surface area (Å²) in [6.07, 6.45) is 10.3. The second-order valence-corrected chi connectivity index (χ2v) is 9.34. The molecule has 3 aliphatic rings. The standard InChI is InChI=1S/C26H31N3O4/c1-26(9-6-20(7-10-26)24(30)27-21-3-4-21)29-11-8-19-2-5-22(18-23(19)25(29)31)33-17-14-28-12-15-32-16-13-28/h2,5-9,11,18,21H,3-4,10,12-17H2,1H3,(H,27,30). The van der Waals surface area contributed by atoms with Crippen LogP contribution in [0.2, 0.25) is 0 Å². The van der Waals surface area contributed by atoms with E-state index >= 15 is 0 Å². The van der Waals surface area contributed by atoms with Gasteiger partial charge >= 0.3 is 0 Å². The largest absolute Gasteiger partial charge is 0.492 e. The second kappa shape index (κ2) is 9.15. The van der Waals surface area contributed by atoms with Crippen molar-refractivity contribution in [3.8, 4) is 5.75 Å². The second-order valence-electron chi connectivity index (χ2n) is 9.34. The Labute approximate surface area is 193 Å². The fraction of sp³-hybridized carbons (Fsp3) is 0.462. The lowest BCUT2D eigenvalue weighted by molar-refractivity contribution is -0.117. The van der Waals surface area contributed by atoms with Crippen molar-refractivity contribution in [1.29, 1.82) is 0 Å². The molecule has 7 heteroatoms. The topological polar surface area (TPSA) is 72.8 Å². The molecule has 1 saturated carbocycles. The summed E-state index contributed by atoms with van der Waals surface area (Å²) in [5, 5.41) is 4.55. The molecule has 5 rings (SSSR count). The van der Waals surface area contributed by atoms with Crippen LogP contribution < -0.4 is 15.6 Å².